The molecule has 426 valence electrons. The number of allylic oxidation sites excluding steroid dienone is 1. The van der Waals surface area contributed by atoms with E-state index in [1.807, 2.05) is 49.6 Å². The third-order valence-electron chi connectivity index (χ3n) is 16.8. The molecular formula is C71H101N7O. The van der Waals surface area contributed by atoms with Gasteiger partial charge in [-0.3, -0.25) is 14.7 Å². The second-order valence-corrected chi connectivity index (χ2v) is 24.4. The molecule has 8 rings (SSSR count). The molecule has 2 aliphatic heterocycles. The summed E-state index contributed by atoms with van der Waals surface area (Å²) in [6, 6.07) is 29.1. The largest absolute Gasteiger partial charge is 0.378 e. The number of likely N-dealkylation sites (N-methyl/N-ethyl adjacent to an activating group) is 1. The van der Waals surface area contributed by atoms with Crippen LogP contribution in [0.3, 0.4) is 0 Å². The maximum absolute atomic E-state index is 12.0. The summed E-state index contributed by atoms with van der Waals surface area (Å²) in [5.41, 5.74) is 17.6. The van der Waals surface area contributed by atoms with Gasteiger partial charge in [-0.15, -0.1) is 6.58 Å². The Morgan fingerprint density at radius 1 is 0.899 bits per heavy atom. The van der Waals surface area contributed by atoms with Gasteiger partial charge in [-0.2, -0.15) is 0 Å². The van der Waals surface area contributed by atoms with Gasteiger partial charge >= 0.3 is 0 Å². The van der Waals surface area contributed by atoms with Crippen molar-refractivity contribution in [3.8, 4) is 34.2 Å². The summed E-state index contributed by atoms with van der Waals surface area (Å²) < 4.78 is 2.55. The van der Waals surface area contributed by atoms with Crippen LogP contribution in [0.4, 0.5) is 0 Å². The number of fused-ring (bicyclic) bond motifs is 1. The molecule has 1 aliphatic carbocycles. The Bertz CT molecular complexity index is 2770. The number of aromatic nitrogens is 2. The maximum atomic E-state index is 12.0. The van der Waals surface area contributed by atoms with E-state index in [2.05, 4.69) is 175 Å². The number of hydrogen-bond acceptors (Lipinski definition) is 6. The molecule has 4 heterocycles. The van der Waals surface area contributed by atoms with Crippen molar-refractivity contribution in [3.63, 3.8) is 0 Å². The van der Waals surface area contributed by atoms with Crippen LogP contribution in [0.5, 0.6) is 0 Å². The molecule has 2 N–H and O–H groups in total. The Labute approximate surface area is 479 Å². The molecule has 0 spiro atoms. The summed E-state index contributed by atoms with van der Waals surface area (Å²) in [5.74, 6) is 7.60. The first-order valence-electron chi connectivity index (χ1n) is 30.4. The van der Waals surface area contributed by atoms with Gasteiger partial charge in [0.2, 0.25) is 6.41 Å². The second-order valence-electron chi connectivity index (χ2n) is 24.4. The van der Waals surface area contributed by atoms with Crippen molar-refractivity contribution in [2.75, 3.05) is 26.7 Å². The van der Waals surface area contributed by atoms with E-state index in [0.717, 1.165) is 93.8 Å². The number of amides is 1. The molecule has 8 nitrogen and oxygen atoms in total. The van der Waals surface area contributed by atoms with Gasteiger partial charge in [-0.1, -0.05) is 177 Å². The van der Waals surface area contributed by atoms with E-state index in [4.69, 9.17) is 4.98 Å². The third kappa shape index (κ3) is 17.6. The molecule has 0 bridgehead atoms. The number of likely N-dealkylation sites (tertiary alicyclic amines) is 1. The molecule has 2 saturated heterocycles. The summed E-state index contributed by atoms with van der Waals surface area (Å²) in [6.45, 7) is 39.7. The third-order valence-corrected chi connectivity index (χ3v) is 16.8. The van der Waals surface area contributed by atoms with E-state index in [1.165, 1.54) is 101 Å². The lowest BCUT2D eigenvalue weighted by Gasteiger charge is -2.40. The van der Waals surface area contributed by atoms with E-state index >= 15 is 0 Å². The number of carbonyl (C=O) groups excluding carboxylic acids is 1. The monoisotopic (exact) mass is 1070 g/mol. The van der Waals surface area contributed by atoms with E-state index < -0.39 is 0 Å². The summed E-state index contributed by atoms with van der Waals surface area (Å²) in [4.78, 5) is 21.6. The molecule has 5 atom stereocenters. The van der Waals surface area contributed by atoms with Gasteiger partial charge in [0.15, 0.2) is 0 Å². The van der Waals surface area contributed by atoms with E-state index in [9.17, 15) is 4.79 Å². The van der Waals surface area contributed by atoms with Crippen molar-refractivity contribution >= 4 is 17.3 Å². The quantitative estimate of drug-likeness (QED) is 0.0434. The number of carbonyl (C=O) groups is 1. The first kappa shape index (κ1) is 62.3. The molecule has 0 radical (unpaired) electrons. The fourth-order valence-electron chi connectivity index (χ4n) is 12.2. The molecule has 1 amide bonds. The highest BCUT2D eigenvalue weighted by molar-refractivity contribution is 5.95. The van der Waals surface area contributed by atoms with Crippen LogP contribution < -0.4 is 10.7 Å². The Balaban J connectivity index is 0.000000814. The smallest absolute Gasteiger partial charge is 0.210 e. The Morgan fingerprint density at radius 2 is 1.59 bits per heavy atom. The highest BCUT2D eigenvalue weighted by Gasteiger charge is 2.30. The molecule has 8 heteroatoms. The van der Waals surface area contributed by atoms with E-state index in [-0.39, 0.29) is 29.3 Å². The van der Waals surface area contributed by atoms with Gasteiger partial charge in [0.05, 0.1) is 30.0 Å². The van der Waals surface area contributed by atoms with Crippen LogP contribution in [0, 0.1) is 30.1 Å². The number of aryl methyl sites for hydroxylation is 2. The fraction of sp³-hybridized carbons (Fsp3) is 0.521. The van der Waals surface area contributed by atoms with Crippen LogP contribution in [0.25, 0.3) is 33.3 Å². The zero-order valence-electron chi connectivity index (χ0n) is 50.9. The number of hydrogen-bond donors (Lipinski definition) is 2. The van der Waals surface area contributed by atoms with Crippen molar-refractivity contribution in [1.29, 1.82) is 0 Å². The summed E-state index contributed by atoms with van der Waals surface area (Å²) in [5, 5.41) is 7.33. The van der Waals surface area contributed by atoms with Gasteiger partial charge in [0, 0.05) is 71.8 Å². The number of pyridine rings is 1. The van der Waals surface area contributed by atoms with Crippen LogP contribution in [0.15, 0.2) is 122 Å². The van der Waals surface area contributed by atoms with Gasteiger partial charge in [0.25, 0.3) is 0 Å². The first-order valence-corrected chi connectivity index (χ1v) is 30.4. The molecule has 2 aromatic heterocycles. The topological polar surface area (TPSA) is 68.7 Å². The predicted molar refractivity (Wildman–Crippen MR) is 338 cm³/mol. The van der Waals surface area contributed by atoms with Crippen LogP contribution in [0.1, 0.15) is 180 Å². The summed E-state index contributed by atoms with van der Waals surface area (Å²) in [6.07, 6.45) is 23.2. The van der Waals surface area contributed by atoms with Crippen molar-refractivity contribution in [2.45, 2.75) is 202 Å². The fourth-order valence-corrected chi connectivity index (χ4v) is 12.2. The van der Waals surface area contributed by atoms with Gasteiger partial charge in [-0.25, -0.2) is 5.43 Å². The number of nitrogens with one attached hydrogen (secondary N) is 2. The molecule has 79 heavy (non-hydrogen) atoms. The Kier molecular flexibility index (Phi) is 24.2. The molecule has 3 fully saturated rings. The standard InChI is InChI=1S/C60H85N7O.C6H6.C5H10/c1-15-18-28-60(12,13)38-54-52-37-50(26-27-56(52)66(17-3)59(54)53-35-48(39-61-57(53)43(7)16-2)25-22-30-65-29-20-19-24-45(65)9)51-33-42(6)32-49(34-51)36-55(47(11)67-31-21-23-44(8)63-67)62-46(10)58(41(4)5)64(14)40-68;1-2-4-6-5-3-1;1-2-4-5-3-1/h15,26-27,32-35,37,39-41,43-45,55,58,62-63H,1,10-11,16-21,23-24,28-31,36,38H2,2-9,12-14H3;1-6H;1-5H2. The Hall–Kier alpha value is -5.88. The molecule has 5 aromatic rings. The highest BCUT2D eigenvalue weighted by Crippen LogP contribution is 2.43. The first-order chi connectivity index (χ1) is 38.0. The number of rotatable bonds is 21. The normalized spacial score (nSPS) is 17.7. The van der Waals surface area contributed by atoms with Crippen molar-refractivity contribution in [2.24, 2.45) is 11.3 Å². The molecule has 3 aliphatic rings. The summed E-state index contributed by atoms with van der Waals surface area (Å²) in [7, 11) is 1.84. The number of nitrogens with zero attached hydrogens (tertiary/aromatic N) is 5. The van der Waals surface area contributed by atoms with Gasteiger partial charge in [-0.05, 0) is 150 Å². The minimum atomic E-state index is -0.159. The van der Waals surface area contributed by atoms with E-state index in [1.54, 1.807) is 4.90 Å². The zero-order chi connectivity index (χ0) is 57.1. The average molecular weight is 1070 g/mol. The van der Waals surface area contributed by atoms with Crippen LogP contribution >= 0.6 is 0 Å². The zero-order valence-corrected chi connectivity index (χ0v) is 50.9. The highest BCUT2D eigenvalue weighted by atomic mass is 16.1. The maximum Gasteiger partial charge on any atom is 0.210 e. The van der Waals surface area contributed by atoms with Gasteiger partial charge in [0.1, 0.15) is 0 Å². The minimum Gasteiger partial charge on any atom is -0.378 e. The lowest BCUT2D eigenvalue weighted by molar-refractivity contribution is -0.119. The lowest BCUT2D eigenvalue weighted by Crippen LogP contribution is -2.52. The minimum absolute atomic E-state index is 0.0271. The number of piperidine rings is 1. The SMILES string of the molecule is C1CCCC1.C=CCCC(C)(C)Cc1c(-c2cc(C#CCN3CCCCC3C)cnc2C(C)CC)n(CC)c2ccc(-c3cc(C)cc(CC(NC(=C)C(C(C)C)N(C)C=O)C(=C)N4CCCC(C)N4)c3)cc12.c1ccccc1. The Morgan fingerprint density at radius 3 is 2.20 bits per heavy atom. The van der Waals surface area contributed by atoms with Crippen LogP contribution in [-0.4, -0.2) is 81.6 Å². The summed E-state index contributed by atoms with van der Waals surface area (Å²) >= 11 is 0. The lowest BCUT2D eigenvalue weighted by atomic mass is 9.79. The number of hydrazine groups is 1. The predicted octanol–water partition coefficient (Wildman–Crippen LogP) is 16.2. The van der Waals surface area contributed by atoms with Crippen LogP contribution in [0.2, 0.25) is 0 Å². The van der Waals surface area contributed by atoms with Crippen LogP contribution in [-0.2, 0) is 24.2 Å². The van der Waals surface area contributed by atoms with Gasteiger partial charge < -0.3 is 19.8 Å². The van der Waals surface area contributed by atoms with Crippen molar-refractivity contribution in [1.82, 2.24) is 35.1 Å². The number of benzene rings is 3. The van der Waals surface area contributed by atoms with Crippen molar-refractivity contribution in [3.05, 3.63) is 150 Å². The molecule has 1 saturated carbocycles. The average Bonchev–Trinajstić information content (AvgIpc) is 4.23. The van der Waals surface area contributed by atoms with E-state index in [0.29, 0.717) is 18.5 Å². The molecular weight excluding hydrogens is 967 g/mol. The molecule has 5 unspecified atom stereocenters. The second kappa shape index (κ2) is 30.6. The molecule has 3 aromatic carbocycles. The van der Waals surface area contributed by atoms with Crippen molar-refractivity contribution < 1.29 is 4.79 Å².